The zero-order chi connectivity index (χ0) is 15.8. The van der Waals surface area contributed by atoms with Crippen LogP contribution >= 0.6 is 0 Å². The summed E-state index contributed by atoms with van der Waals surface area (Å²) in [6, 6.07) is 18.1. The van der Waals surface area contributed by atoms with Gasteiger partial charge in [-0.05, 0) is 24.3 Å². The number of carbonyl (C=O) groups is 2. The average molecular weight is 298 g/mol. The molecule has 0 aliphatic carbocycles. The second kappa shape index (κ2) is 7.95. The highest BCUT2D eigenvalue weighted by atomic mass is 16.5. The van der Waals surface area contributed by atoms with Crippen LogP contribution in [0.15, 0.2) is 60.7 Å². The summed E-state index contributed by atoms with van der Waals surface area (Å²) in [5.41, 5.74) is 1.35. The maximum atomic E-state index is 12.1. The van der Waals surface area contributed by atoms with Gasteiger partial charge in [-0.25, -0.2) is 0 Å². The molecule has 1 atom stereocenters. The normalized spacial score (nSPS) is 11.5. The molecule has 5 heteroatoms. The Morgan fingerprint density at radius 1 is 0.909 bits per heavy atom. The van der Waals surface area contributed by atoms with E-state index in [1.54, 1.807) is 24.3 Å². The minimum absolute atomic E-state index is 0.0515. The van der Waals surface area contributed by atoms with Crippen molar-refractivity contribution < 1.29 is 14.3 Å². The van der Waals surface area contributed by atoms with E-state index in [0.29, 0.717) is 11.4 Å². The van der Waals surface area contributed by atoms with E-state index in [1.165, 1.54) is 7.11 Å². The lowest BCUT2D eigenvalue weighted by molar-refractivity contribution is -0.130. The molecular formula is C17H18N2O3. The minimum atomic E-state index is -0.844. The number of anilines is 2. The predicted molar refractivity (Wildman–Crippen MR) is 85.6 cm³/mol. The fraction of sp³-hybridized carbons (Fsp3) is 0.176. The summed E-state index contributed by atoms with van der Waals surface area (Å²) in [6.45, 7) is 0. The summed E-state index contributed by atoms with van der Waals surface area (Å²) in [5.74, 6) is -0.627. The Bertz CT molecular complexity index is 614. The fourth-order valence-electron chi connectivity index (χ4n) is 1.93. The Morgan fingerprint density at radius 2 is 1.41 bits per heavy atom. The molecule has 114 valence electrons. The molecule has 0 saturated carbocycles. The molecule has 2 amide bonds. The monoisotopic (exact) mass is 298 g/mol. The summed E-state index contributed by atoms with van der Waals surface area (Å²) in [6.07, 6.45) is -0.895. The Labute approximate surface area is 129 Å². The van der Waals surface area contributed by atoms with Crippen LogP contribution in [0.25, 0.3) is 0 Å². The zero-order valence-corrected chi connectivity index (χ0v) is 12.3. The number of hydrogen-bond donors (Lipinski definition) is 2. The highest BCUT2D eigenvalue weighted by Crippen LogP contribution is 2.10. The first kappa shape index (κ1) is 15.7. The molecule has 0 heterocycles. The maximum absolute atomic E-state index is 12.1. The molecular weight excluding hydrogens is 280 g/mol. The third-order valence-electron chi connectivity index (χ3n) is 3.05. The van der Waals surface area contributed by atoms with Crippen LogP contribution in [0.1, 0.15) is 6.42 Å². The molecule has 0 fully saturated rings. The van der Waals surface area contributed by atoms with Crippen molar-refractivity contribution >= 4 is 23.2 Å². The number of amides is 2. The number of carbonyl (C=O) groups excluding carboxylic acids is 2. The van der Waals surface area contributed by atoms with Gasteiger partial charge in [-0.15, -0.1) is 0 Å². The van der Waals surface area contributed by atoms with E-state index in [2.05, 4.69) is 10.6 Å². The summed E-state index contributed by atoms with van der Waals surface area (Å²) < 4.78 is 5.12. The summed E-state index contributed by atoms with van der Waals surface area (Å²) in [7, 11) is 1.41. The van der Waals surface area contributed by atoms with Crippen LogP contribution in [0.4, 0.5) is 11.4 Å². The van der Waals surface area contributed by atoms with Gasteiger partial charge >= 0.3 is 0 Å². The van der Waals surface area contributed by atoms with Crippen molar-refractivity contribution in [2.75, 3.05) is 17.7 Å². The van der Waals surface area contributed by atoms with Crippen LogP contribution < -0.4 is 10.6 Å². The molecule has 2 aromatic carbocycles. The van der Waals surface area contributed by atoms with Crippen LogP contribution in [-0.2, 0) is 14.3 Å². The quantitative estimate of drug-likeness (QED) is 0.861. The smallest absolute Gasteiger partial charge is 0.254 e. The van der Waals surface area contributed by atoms with E-state index in [9.17, 15) is 9.59 Å². The van der Waals surface area contributed by atoms with Gasteiger partial charge in [0.1, 0.15) is 6.10 Å². The molecule has 0 aliphatic rings. The SMILES string of the molecule is CO[C@H](CC(=O)Nc1ccccc1)C(=O)Nc1ccccc1. The van der Waals surface area contributed by atoms with Crippen LogP contribution in [0.5, 0.6) is 0 Å². The lowest BCUT2D eigenvalue weighted by atomic mass is 10.2. The zero-order valence-electron chi connectivity index (χ0n) is 12.3. The van der Waals surface area contributed by atoms with Crippen LogP contribution in [-0.4, -0.2) is 25.0 Å². The van der Waals surface area contributed by atoms with Crippen molar-refractivity contribution in [3.8, 4) is 0 Å². The van der Waals surface area contributed by atoms with E-state index in [4.69, 9.17) is 4.74 Å². The number of rotatable bonds is 6. The van der Waals surface area contributed by atoms with E-state index in [0.717, 1.165) is 0 Å². The molecule has 0 aliphatic heterocycles. The third kappa shape index (κ3) is 4.71. The standard InChI is InChI=1S/C17H18N2O3/c1-22-15(17(21)19-14-10-6-3-7-11-14)12-16(20)18-13-8-4-2-5-9-13/h2-11,15H,12H2,1H3,(H,18,20)(H,19,21)/t15-/m1/s1. The van der Waals surface area contributed by atoms with Crippen LogP contribution in [0, 0.1) is 0 Å². The molecule has 2 rings (SSSR count). The topological polar surface area (TPSA) is 67.4 Å². The fourth-order valence-corrected chi connectivity index (χ4v) is 1.93. The van der Waals surface area contributed by atoms with Crippen LogP contribution in [0.3, 0.4) is 0 Å². The number of hydrogen-bond acceptors (Lipinski definition) is 3. The van der Waals surface area contributed by atoms with Crippen molar-refractivity contribution in [2.24, 2.45) is 0 Å². The first-order valence-corrected chi connectivity index (χ1v) is 6.92. The van der Waals surface area contributed by atoms with Crippen molar-refractivity contribution in [1.82, 2.24) is 0 Å². The number of para-hydroxylation sites is 2. The molecule has 0 bridgehead atoms. The van der Waals surface area contributed by atoms with Crippen LogP contribution in [0.2, 0.25) is 0 Å². The van der Waals surface area contributed by atoms with E-state index >= 15 is 0 Å². The lowest BCUT2D eigenvalue weighted by Gasteiger charge is -2.15. The Kier molecular flexibility index (Phi) is 5.68. The van der Waals surface area contributed by atoms with Crippen molar-refractivity contribution in [3.05, 3.63) is 60.7 Å². The summed E-state index contributed by atoms with van der Waals surface area (Å²) in [4.78, 5) is 24.1. The molecule has 0 spiro atoms. The van der Waals surface area contributed by atoms with Gasteiger partial charge in [0.25, 0.3) is 5.91 Å². The van der Waals surface area contributed by atoms with Gasteiger partial charge < -0.3 is 15.4 Å². The minimum Gasteiger partial charge on any atom is -0.371 e. The van der Waals surface area contributed by atoms with Gasteiger partial charge in [0.2, 0.25) is 5.91 Å². The van der Waals surface area contributed by atoms with Gasteiger partial charge in [0.15, 0.2) is 0 Å². The largest absolute Gasteiger partial charge is 0.371 e. The Morgan fingerprint density at radius 3 is 1.91 bits per heavy atom. The first-order chi connectivity index (χ1) is 10.7. The molecule has 2 N–H and O–H groups in total. The van der Waals surface area contributed by atoms with Gasteiger partial charge in [-0.3, -0.25) is 9.59 Å². The molecule has 0 saturated heterocycles. The Hall–Kier alpha value is -2.66. The van der Waals surface area contributed by atoms with E-state index in [1.807, 2.05) is 36.4 Å². The molecule has 0 unspecified atom stereocenters. The van der Waals surface area contributed by atoms with Gasteiger partial charge in [-0.2, -0.15) is 0 Å². The molecule has 0 aromatic heterocycles. The van der Waals surface area contributed by atoms with Crippen molar-refractivity contribution in [3.63, 3.8) is 0 Å². The lowest BCUT2D eigenvalue weighted by Crippen LogP contribution is -2.33. The third-order valence-corrected chi connectivity index (χ3v) is 3.05. The van der Waals surface area contributed by atoms with Gasteiger partial charge in [-0.1, -0.05) is 36.4 Å². The number of methoxy groups -OCH3 is 1. The molecule has 22 heavy (non-hydrogen) atoms. The van der Waals surface area contributed by atoms with Crippen molar-refractivity contribution in [2.45, 2.75) is 12.5 Å². The number of nitrogens with one attached hydrogen (secondary N) is 2. The van der Waals surface area contributed by atoms with Crippen molar-refractivity contribution in [1.29, 1.82) is 0 Å². The van der Waals surface area contributed by atoms with E-state index in [-0.39, 0.29) is 18.2 Å². The second-order valence-electron chi connectivity index (χ2n) is 4.70. The average Bonchev–Trinajstić information content (AvgIpc) is 2.54. The summed E-state index contributed by atoms with van der Waals surface area (Å²) >= 11 is 0. The second-order valence-corrected chi connectivity index (χ2v) is 4.70. The molecule has 2 aromatic rings. The number of ether oxygens (including phenoxy) is 1. The first-order valence-electron chi connectivity index (χ1n) is 6.92. The molecule has 5 nitrogen and oxygen atoms in total. The summed E-state index contributed by atoms with van der Waals surface area (Å²) in [5, 5.41) is 5.44. The highest BCUT2D eigenvalue weighted by Gasteiger charge is 2.21. The Balaban J connectivity index is 1.91. The maximum Gasteiger partial charge on any atom is 0.254 e. The van der Waals surface area contributed by atoms with E-state index < -0.39 is 6.10 Å². The highest BCUT2D eigenvalue weighted by molar-refractivity contribution is 5.99. The predicted octanol–water partition coefficient (Wildman–Crippen LogP) is 2.67. The van der Waals surface area contributed by atoms with Gasteiger partial charge in [0.05, 0.1) is 6.42 Å². The number of benzene rings is 2. The van der Waals surface area contributed by atoms with Gasteiger partial charge in [0, 0.05) is 18.5 Å². The molecule has 0 radical (unpaired) electrons.